The second kappa shape index (κ2) is 5.34. The number of aromatic hydroxyl groups is 1. The number of esters is 1. The van der Waals surface area contributed by atoms with Crippen LogP contribution in [0.3, 0.4) is 0 Å². The highest BCUT2D eigenvalue weighted by molar-refractivity contribution is 6.41. The van der Waals surface area contributed by atoms with Crippen LogP contribution in [0, 0.1) is 6.92 Å². The Balaban J connectivity index is 3.11. The molecule has 0 aromatic heterocycles. The number of hydrogen-bond acceptors (Lipinski definition) is 5. The van der Waals surface area contributed by atoms with Crippen LogP contribution in [0.5, 0.6) is 11.5 Å². The number of carbonyl (C=O) groups is 2. The highest BCUT2D eigenvalue weighted by Gasteiger charge is 2.22. The second-order valence-corrected chi connectivity index (χ2v) is 3.39. The Hall–Kier alpha value is -2.04. The predicted octanol–water partition coefficient (Wildman–Crippen LogP) is 1.46. The van der Waals surface area contributed by atoms with E-state index in [9.17, 15) is 14.7 Å². The summed E-state index contributed by atoms with van der Waals surface area (Å²) in [5.41, 5.74) is 0.569. The molecule has 17 heavy (non-hydrogen) atoms. The van der Waals surface area contributed by atoms with Crippen molar-refractivity contribution in [3.63, 3.8) is 0 Å². The molecule has 1 aromatic rings. The number of ether oxygens (including phenoxy) is 2. The van der Waals surface area contributed by atoms with Gasteiger partial charge in [-0.1, -0.05) is 0 Å². The van der Waals surface area contributed by atoms with E-state index in [4.69, 9.17) is 4.74 Å². The van der Waals surface area contributed by atoms with Gasteiger partial charge >= 0.3 is 5.97 Å². The smallest absolute Gasteiger partial charge is 0.379 e. The number of Topliss-reactive ketones (excluding diaryl/α,β-unsaturated/α-hetero) is 1. The van der Waals surface area contributed by atoms with Gasteiger partial charge in [-0.25, -0.2) is 4.79 Å². The zero-order valence-corrected chi connectivity index (χ0v) is 9.94. The number of hydrogen-bond donors (Lipinski definition) is 1. The van der Waals surface area contributed by atoms with E-state index in [-0.39, 0.29) is 17.9 Å². The van der Waals surface area contributed by atoms with Crippen molar-refractivity contribution >= 4 is 11.8 Å². The minimum absolute atomic E-state index is 0.0817. The van der Waals surface area contributed by atoms with E-state index in [0.717, 1.165) is 0 Å². The molecule has 0 aliphatic rings. The normalized spacial score (nSPS) is 9.82. The summed E-state index contributed by atoms with van der Waals surface area (Å²) < 4.78 is 9.56. The Morgan fingerprint density at radius 2 is 2.00 bits per heavy atom. The topological polar surface area (TPSA) is 72.8 Å². The SMILES string of the molecule is CCOC(=O)C(=O)c1cc(C)c(OC)cc1O. The summed E-state index contributed by atoms with van der Waals surface area (Å²) in [5.74, 6) is -1.70. The van der Waals surface area contributed by atoms with Crippen molar-refractivity contribution in [1.82, 2.24) is 0 Å². The third-order valence-corrected chi connectivity index (χ3v) is 2.22. The van der Waals surface area contributed by atoms with Crippen molar-refractivity contribution < 1.29 is 24.2 Å². The molecule has 1 rings (SSSR count). The van der Waals surface area contributed by atoms with Gasteiger partial charge in [0.15, 0.2) is 0 Å². The van der Waals surface area contributed by atoms with E-state index < -0.39 is 11.8 Å². The van der Waals surface area contributed by atoms with Gasteiger partial charge in [-0.15, -0.1) is 0 Å². The van der Waals surface area contributed by atoms with Gasteiger partial charge in [0.05, 0.1) is 19.3 Å². The summed E-state index contributed by atoms with van der Waals surface area (Å²) in [6, 6.07) is 2.69. The van der Waals surface area contributed by atoms with Crippen LogP contribution < -0.4 is 4.74 Å². The third kappa shape index (κ3) is 2.75. The molecule has 0 heterocycles. The minimum Gasteiger partial charge on any atom is -0.507 e. The highest BCUT2D eigenvalue weighted by atomic mass is 16.5. The first-order valence-corrected chi connectivity index (χ1v) is 5.10. The van der Waals surface area contributed by atoms with Crippen LogP contribution in [0.25, 0.3) is 0 Å². The second-order valence-electron chi connectivity index (χ2n) is 3.39. The van der Waals surface area contributed by atoms with E-state index in [1.54, 1.807) is 13.8 Å². The number of carbonyl (C=O) groups excluding carboxylic acids is 2. The van der Waals surface area contributed by atoms with Crippen molar-refractivity contribution in [3.05, 3.63) is 23.3 Å². The van der Waals surface area contributed by atoms with Crippen molar-refractivity contribution in [2.75, 3.05) is 13.7 Å². The Morgan fingerprint density at radius 3 is 2.53 bits per heavy atom. The summed E-state index contributed by atoms with van der Waals surface area (Å²) in [5, 5.41) is 9.63. The molecule has 0 radical (unpaired) electrons. The average Bonchev–Trinajstić information content (AvgIpc) is 2.31. The van der Waals surface area contributed by atoms with Gasteiger partial charge in [0.2, 0.25) is 0 Å². The van der Waals surface area contributed by atoms with E-state index in [2.05, 4.69) is 4.74 Å². The summed E-state index contributed by atoms with van der Waals surface area (Å²) in [4.78, 5) is 22.9. The fraction of sp³-hybridized carbons (Fsp3) is 0.333. The van der Waals surface area contributed by atoms with Crippen molar-refractivity contribution in [3.8, 4) is 11.5 Å². The van der Waals surface area contributed by atoms with Crippen LogP contribution in [-0.4, -0.2) is 30.6 Å². The van der Waals surface area contributed by atoms with Gasteiger partial charge in [-0.3, -0.25) is 4.79 Å². The molecule has 0 fully saturated rings. The number of benzene rings is 1. The summed E-state index contributed by atoms with van der Waals surface area (Å²) in [6.07, 6.45) is 0. The van der Waals surface area contributed by atoms with E-state index in [1.807, 2.05) is 0 Å². The van der Waals surface area contributed by atoms with Gasteiger partial charge in [0, 0.05) is 6.07 Å². The van der Waals surface area contributed by atoms with Gasteiger partial charge in [0.25, 0.3) is 5.78 Å². The van der Waals surface area contributed by atoms with Crippen molar-refractivity contribution in [2.45, 2.75) is 13.8 Å². The predicted molar refractivity (Wildman–Crippen MR) is 60.4 cm³/mol. The molecule has 1 N–H and O–H groups in total. The van der Waals surface area contributed by atoms with Gasteiger partial charge < -0.3 is 14.6 Å². The van der Waals surface area contributed by atoms with Crippen LogP contribution in [0.2, 0.25) is 0 Å². The summed E-state index contributed by atoms with van der Waals surface area (Å²) in [6.45, 7) is 3.42. The first kappa shape index (κ1) is 13.0. The summed E-state index contributed by atoms with van der Waals surface area (Å²) >= 11 is 0. The molecule has 0 spiro atoms. The molecular formula is C12H14O5. The van der Waals surface area contributed by atoms with Crippen molar-refractivity contribution in [1.29, 1.82) is 0 Å². The largest absolute Gasteiger partial charge is 0.507 e. The number of methoxy groups -OCH3 is 1. The van der Waals surface area contributed by atoms with Crippen LogP contribution in [0.15, 0.2) is 12.1 Å². The molecule has 0 saturated heterocycles. The molecule has 0 bridgehead atoms. The Labute approximate surface area is 99.0 Å². The first-order chi connectivity index (χ1) is 8.01. The Morgan fingerprint density at radius 1 is 1.35 bits per heavy atom. The van der Waals surface area contributed by atoms with E-state index >= 15 is 0 Å². The van der Waals surface area contributed by atoms with Gasteiger partial charge in [0.1, 0.15) is 11.5 Å². The highest BCUT2D eigenvalue weighted by Crippen LogP contribution is 2.28. The molecular weight excluding hydrogens is 224 g/mol. The number of rotatable bonds is 4. The Bertz CT molecular complexity index is 450. The molecule has 0 saturated carbocycles. The zero-order chi connectivity index (χ0) is 13.0. The van der Waals surface area contributed by atoms with Crippen LogP contribution in [-0.2, 0) is 9.53 Å². The molecule has 0 aliphatic heterocycles. The van der Waals surface area contributed by atoms with E-state index in [0.29, 0.717) is 11.3 Å². The molecule has 0 aliphatic carbocycles. The third-order valence-electron chi connectivity index (χ3n) is 2.22. The van der Waals surface area contributed by atoms with Crippen LogP contribution in [0.1, 0.15) is 22.8 Å². The van der Waals surface area contributed by atoms with Gasteiger partial charge in [-0.2, -0.15) is 0 Å². The number of phenolic OH excluding ortho intramolecular Hbond substituents is 1. The molecule has 1 aromatic carbocycles. The maximum absolute atomic E-state index is 11.6. The fourth-order valence-electron chi connectivity index (χ4n) is 1.39. The maximum Gasteiger partial charge on any atom is 0.379 e. The lowest BCUT2D eigenvalue weighted by Gasteiger charge is -2.08. The van der Waals surface area contributed by atoms with Gasteiger partial charge in [-0.05, 0) is 25.5 Å². The number of aryl methyl sites for hydroxylation is 1. The number of ketones is 1. The lowest BCUT2D eigenvalue weighted by Crippen LogP contribution is -2.17. The average molecular weight is 238 g/mol. The lowest BCUT2D eigenvalue weighted by molar-refractivity contribution is -0.137. The summed E-state index contributed by atoms with van der Waals surface area (Å²) in [7, 11) is 1.45. The first-order valence-electron chi connectivity index (χ1n) is 5.10. The molecule has 92 valence electrons. The van der Waals surface area contributed by atoms with Crippen molar-refractivity contribution in [2.24, 2.45) is 0 Å². The molecule has 5 nitrogen and oxygen atoms in total. The molecule has 0 amide bonds. The molecule has 0 unspecified atom stereocenters. The zero-order valence-electron chi connectivity index (χ0n) is 9.94. The van der Waals surface area contributed by atoms with E-state index in [1.165, 1.54) is 19.2 Å². The van der Waals surface area contributed by atoms with Crippen LogP contribution >= 0.6 is 0 Å². The van der Waals surface area contributed by atoms with Crippen LogP contribution in [0.4, 0.5) is 0 Å². The quantitative estimate of drug-likeness (QED) is 0.488. The molecule has 0 atom stereocenters. The standard InChI is InChI=1S/C12H14O5/c1-4-17-12(15)11(14)8-5-7(2)10(16-3)6-9(8)13/h5-6,13H,4H2,1-3H3. The monoisotopic (exact) mass is 238 g/mol. The lowest BCUT2D eigenvalue weighted by atomic mass is 10.1. The minimum atomic E-state index is -0.979. The molecule has 5 heteroatoms. The maximum atomic E-state index is 11.6. The number of phenols is 1. The Kier molecular flexibility index (Phi) is 4.09. The fourth-order valence-corrected chi connectivity index (χ4v) is 1.39.